The molecule has 1 aromatic carbocycles. The highest BCUT2D eigenvalue weighted by Gasteiger charge is 2.32. The van der Waals surface area contributed by atoms with Gasteiger partial charge in [0.05, 0.1) is 0 Å². The van der Waals surface area contributed by atoms with Crippen LogP contribution in [0.25, 0.3) is 5.69 Å². The molecule has 0 spiro atoms. The molecule has 7 heteroatoms. The summed E-state index contributed by atoms with van der Waals surface area (Å²) in [7, 11) is 0. The SMILES string of the molecule is CCN1CCCN(C(=O)c2nn(-c3ccccc3F)c3c2CCC3)CC1=O. The van der Waals surface area contributed by atoms with Crippen molar-refractivity contribution in [2.24, 2.45) is 0 Å². The first-order valence-electron chi connectivity index (χ1n) is 9.53. The molecule has 2 aromatic rings. The van der Waals surface area contributed by atoms with Crippen molar-refractivity contribution in [2.75, 3.05) is 26.2 Å². The Morgan fingerprint density at radius 2 is 2.00 bits per heavy atom. The van der Waals surface area contributed by atoms with Gasteiger partial charge in [-0.05, 0) is 44.7 Å². The fourth-order valence-electron chi connectivity index (χ4n) is 4.01. The van der Waals surface area contributed by atoms with Gasteiger partial charge >= 0.3 is 0 Å². The van der Waals surface area contributed by atoms with Crippen LogP contribution in [0, 0.1) is 5.82 Å². The normalized spacial score (nSPS) is 17.2. The Labute approximate surface area is 157 Å². The molecule has 27 heavy (non-hydrogen) atoms. The van der Waals surface area contributed by atoms with Crippen LogP contribution in [0.15, 0.2) is 24.3 Å². The smallest absolute Gasteiger partial charge is 0.275 e. The Bertz CT molecular complexity index is 892. The molecule has 0 N–H and O–H groups in total. The summed E-state index contributed by atoms with van der Waals surface area (Å²) in [5, 5.41) is 4.49. The summed E-state index contributed by atoms with van der Waals surface area (Å²) in [6.45, 7) is 3.87. The first-order chi connectivity index (χ1) is 13.1. The van der Waals surface area contributed by atoms with Gasteiger partial charge in [-0.25, -0.2) is 9.07 Å². The highest BCUT2D eigenvalue weighted by Crippen LogP contribution is 2.29. The van der Waals surface area contributed by atoms with Crippen LogP contribution in [0.2, 0.25) is 0 Å². The molecule has 0 atom stereocenters. The van der Waals surface area contributed by atoms with Gasteiger partial charge in [-0.2, -0.15) is 5.10 Å². The van der Waals surface area contributed by atoms with E-state index in [1.807, 2.05) is 6.92 Å². The number of nitrogens with zero attached hydrogens (tertiary/aromatic N) is 4. The predicted octanol–water partition coefficient (Wildman–Crippen LogP) is 2.19. The fourth-order valence-corrected chi connectivity index (χ4v) is 4.01. The van der Waals surface area contributed by atoms with Crippen LogP contribution >= 0.6 is 0 Å². The highest BCUT2D eigenvalue weighted by atomic mass is 19.1. The lowest BCUT2D eigenvalue weighted by atomic mass is 10.1. The summed E-state index contributed by atoms with van der Waals surface area (Å²) in [6, 6.07) is 6.46. The van der Waals surface area contributed by atoms with Crippen LogP contribution in [0.1, 0.15) is 41.5 Å². The summed E-state index contributed by atoms with van der Waals surface area (Å²) >= 11 is 0. The molecule has 0 unspecified atom stereocenters. The Morgan fingerprint density at radius 1 is 1.19 bits per heavy atom. The van der Waals surface area contributed by atoms with Gasteiger partial charge in [0.2, 0.25) is 5.91 Å². The summed E-state index contributed by atoms with van der Waals surface area (Å²) in [6.07, 6.45) is 3.20. The van der Waals surface area contributed by atoms with Crippen LogP contribution < -0.4 is 0 Å². The van der Waals surface area contributed by atoms with Crippen LogP contribution in [0.3, 0.4) is 0 Å². The minimum atomic E-state index is -0.364. The van der Waals surface area contributed by atoms with E-state index in [2.05, 4.69) is 5.10 Å². The Hall–Kier alpha value is -2.70. The van der Waals surface area contributed by atoms with E-state index >= 15 is 0 Å². The Morgan fingerprint density at radius 3 is 2.78 bits per heavy atom. The topological polar surface area (TPSA) is 58.4 Å². The molecule has 1 saturated heterocycles. The van der Waals surface area contributed by atoms with E-state index in [1.165, 1.54) is 6.07 Å². The number of likely N-dealkylation sites (N-methyl/N-ethyl adjacent to an activating group) is 1. The molecule has 2 heterocycles. The second kappa shape index (κ2) is 7.13. The summed E-state index contributed by atoms with van der Waals surface area (Å²) in [5.74, 6) is -0.625. The molecule has 1 aromatic heterocycles. The molecule has 0 bridgehead atoms. The number of carbonyl (C=O) groups is 2. The van der Waals surface area contributed by atoms with E-state index in [0.29, 0.717) is 31.0 Å². The van der Waals surface area contributed by atoms with E-state index in [4.69, 9.17) is 0 Å². The Balaban J connectivity index is 1.68. The number of rotatable bonds is 3. The van der Waals surface area contributed by atoms with Crippen LogP contribution in [-0.2, 0) is 17.6 Å². The van der Waals surface area contributed by atoms with Gasteiger partial charge in [0.25, 0.3) is 5.91 Å². The van der Waals surface area contributed by atoms with E-state index < -0.39 is 0 Å². The maximum Gasteiger partial charge on any atom is 0.275 e. The van der Waals surface area contributed by atoms with Crippen LogP contribution in [0.4, 0.5) is 4.39 Å². The molecule has 142 valence electrons. The lowest BCUT2D eigenvalue weighted by Gasteiger charge is -2.20. The third-order valence-electron chi connectivity index (χ3n) is 5.42. The molecule has 0 radical (unpaired) electrons. The monoisotopic (exact) mass is 370 g/mol. The number of hydrogen-bond donors (Lipinski definition) is 0. The standard InChI is InChI=1S/C20H23FN4O2/c1-2-23-11-6-12-24(13-18(23)26)20(27)19-14-7-5-10-16(14)25(22-19)17-9-4-3-8-15(17)21/h3-4,8-9H,2,5-7,10-13H2,1H3. The quantitative estimate of drug-likeness (QED) is 0.832. The van der Waals surface area contributed by atoms with E-state index in [-0.39, 0.29) is 24.2 Å². The number of fused-ring (bicyclic) bond motifs is 1. The maximum absolute atomic E-state index is 14.3. The van der Waals surface area contributed by atoms with Gasteiger partial charge in [0, 0.05) is 30.9 Å². The van der Waals surface area contributed by atoms with Gasteiger partial charge in [0.15, 0.2) is 5.69 Å². The zero-order chi connectivity index (χ0) is 19.0. The van der Waals surface area contributed by atoms with Crippen molar-refractivity contribution >= 4 is 11.8 Å². The molecule has 2 amide bonds. The molecule has 1 aliphatic heterocycles. The zero-order valence-electron chi connectivity index (χ0n) is 15.4. The third-order valence-corrected chi connectivity index (χ3v) is 5.42. The minimum Gasteiger partial charge on any atom is -0.341 e. The number of para-hydroxylation sites is 1. The lowest BCUT2D eigenvalue weighted by Crippen LogP contribution is -2.39. The van der Waals surface area contributed by atoms with Gasteiger partial charge < -0.3 is 9.80 Å². The van der Waals surface area contributed by atoms with Crippen molar-refractivity contribution in [3.8, 4) is 5.69 Å². The fraction of sp³-hybridized carbons (Fsp3) is 0.450. The number of benzene rings is 1. The molecule has 2 aliphatic rings. The van der Waals surface area contributed by atoms with Crippen molar-refractivity contribution in [1.29, 1.82) is 0 Å². The third kappa shape index (κ3) is 3.11. The zero-order valence-corrected chi connectivity index (χ0v) is 15.4. The highest BCUT2D eigenvalue weighted by molar-refractivity contribution is 5.96. The summed E-state index contributed by atoms with van der Waals surface area (Å²) in [4.78, 5) is 28.9. The number of carbonyl (C=O) groups excluding carboxylic acids is 2. The first-order valence-corrected chi connectivity index (χ1v) is 9.53. The van der Waals surface area contributed by atoms with E-state index in [1.54, 1.807) is 32.7 Å². The molecule has 4 rings (SSSR count). The second-order valence-corrected chi connectivity index (χ2v) is 7.04. The molecular formula is C20H23FN4O2. The summed E-state index contributed by atoms with van der Waals surface area (Å²) in [5.41, 5.74) is 2.52. The van der Waals surface area contributed by atoms with Gasteiger partial charge in [-0.15, -0.1) is 0 Å². The average Bonchev–Trinajstić information content (AvgIpc) is 3.21. The maximum atomic E-state index is 14.3. The van der Waals surface area contributed by atoms with Gasteiger partial charge in [0.1, 0.15) is 18.0 Å². The van der Waals surface area contributed by atoms with Gasteiger partial charge in [-0.3, -0.25) is 9.59 Å². The number of halogens is 1. The minimum absolute atomic E-state index is 0.0338. The van der Waals surface area contributed by atoms with Crippen molar-refractivity contribution in [3.05, 3.63) is 47.0 Å². The average molecular weight is 370 g/mol. The first kappa shape index (κ1) is 17.7. The van der Waals surface area contributed by atoms with Gasteiger partial charge in [-0.1, -0.05) is 12.1 Å². The van der Waals surface area contributed by atoms with Crippen molar-refractivity contribution in [3.63, 3.8) is 0 Å². The molecule has 0 saturated carbocycles. The lowest BCUT2D eigenvalue weighted by molar-refractivity contribution is -0.130. The molecular weight excluding hydrogens is 347 g/mol. The number of amides is 2. The summed E-state index contributed by atoms with van der Waals surface area (Å²) < 4.78 is 15.9. The number of aromatic nitrogens is 2. The van der Waals surface area contributed by atoms with E-state index in [9.17, 15) is 14.0 Å². The number of hydrogen-bond acceptors (Lipinski definition) is 3. The van der Waals surface area contributed by atoms with Crippen molar-refractivity contribution < 1.29 is 14.0 Å². The second-order valence-electron chi connectivity index (χ2n) is 7.04. The van der Waals surface area contributed by atoms with E-state index in [0.717, 1.165) is 36.9 Å². The predicted molar refractivity (Wildman–Crippen MR) is 98.3 cm³/mol. The van der Waals surface area contributed by atoms with Crippen LogP contribution in [-0.4, -0.2) is 57.6 Å². The molecule has 1 aliphatic carbocycles. The largest absolute Gasteiger partial charge is 0.341 e. The van der Waals surface area contributed by atoms with Crippen molar-refractivity contribution in [2.45, 2.75) is 32.6 Å². The van der Waals surface area contributed by atoms with Crippen molar-refractivity contribution in [1.82, 2.24) is 19.6 Å². The Kier molecular flexibility index (Phi) is 4.68. The molecule has 1 fully saturated rings. The molecule has 6 nitrogen and oxygen atoms in total. The van der Waals surface area contributed by atoms with Crippen LogP contribution in [0.5, 0.6) is 0 Å².